The summed E-state index contributed by atoms with van der Waals surface area (Å²) in [6, 6.07) is 11.2. The molecule has 0 amide bonds. The van der Waals surface area contributed by atoms with Crippen LogP contribution in [0.5, 0.6) is 0 Å². The lowest BCUT2D eigenvalue weighted by Gasteiger charge is -2.19. The highest BCUT2D eigenvalue weighted by molar-refractivity contribution is 9.10. The molecule has 21 heavy (non-hydrogen) atoms. The van der Waals surface area contributed by atoms with Crippen LogP contribution in [0.2, 0.25) is 10.0 Å². The van der Waals surface area contributed by atoms with Gasteiger partial charge in [0, 0.05) is 25.8 Å². The molecule has 0 fully saturated rings. The van der Waals surface area contributed by atoms with Crippen molar-refractivity contribution in [3.63, 3.8) is 0 Å². The van der Waals surface area contributed by atoms with Gasteiger partial charge < -0.3 is 11.1 Å². The van der Waals surface area contributed by atoms with Gasteiger partial charge in [0.25, 0.3) is 0 Å². The highest BCUT2D eigenvalue weighted by Gasteiger charge is 2.13. The predicted octanol–water partition coefficient (Wildman–Crippen LogP) is 5.56. The number of anilines is 1. The van der Waals surface area contributed by atoms with E-state index < -0.39 is 0 Å². The van der Waals surface area contributed by atoms with Crippen molar-refractivity contribution in [3.05, 3.63) is 62.0 Å². The first-order chi connectivity index (χ1) is 9.88. The van der Waals surface area contributed by atoms with Crippen molar-refractivity contribution < 1.29 is 0 Å². The van der Waals surface area contributed by atoms with Gasteiger partial charge in [0.15, 0.2) is 0 Å². The third-order valence-corrected chi connectivity index (χ3v) is 4.32. The number of halogens is 3. The molecule has 110 valence electrons. The summed E-state index contributed by atoms with van der Waals surface area (Å²) in [7, 11) is 0. The van der Waals surface area contributed by atoms with Crippen molar-refractivity contribution in [1.29, 1.82) is 0 Å². The first-order valence-electron chi connectivity index (χ1n) is 6.19. The molecule has 2 aromatic rings. The van der Waals surface area contributed by atoms with E-state index in [-0.39, 0.29) is 6.04 Å². The summed E-state index contributed by atoms with van der Waals surface area (Å²) in [6.45, 7) is 2.01. The summed E-state index contributed by atoms with van der Waals surface area (Å²) >= 11 is 20.7. The van der Waals surface area contributed by atoms with E-state index in [4.69, 9.17) is 41.2 Å². The van der Waals surface area contributed by atoms with Gasteiger partial charge in [-0.05, 0) is 42.8 Å². The summed E-state index contributed by atoms with van der Waals surface area (Å²) in [5, 5.41) is 4.62. The van der Waals surface area contributed by atoms with Crippen molar-refractivity contribution in [2.45, 2.75) is 13.0 Å². The van der Waals surface area contributed by atoms with E-state index in [0.717, 1.165) is 21.3 Å². The van der Waals surface area contributed by atoms with E-state index in [1.54, 1.807) is 6.07 Å². The topological polar surface area (TPSA) is 38.0 Å². The second-order valence-electron chi connectivity index (χ2n) is 4.59. The van der Waals surface area contributed by atoms with Crippen LogP contribution < -0.4 is 11.1 Å². The molecule has 0 saturated carbocycles. The lowest BCUT2D eigenvalue weighted by molar-refractivity contribution is 0.884. The fraction of sp³-hybridized carbons (Fsp3) is 0.133. The Kier molecular flexibility index (Phi) is 5.49. The molecule has 2 aromatic carbocycles. The number of rotatable bonds is 4. The predicted molar refractivity (Wildman–Crippen MR) is 98.5 cm³/mol. The van der Waals surface area contributed by atoms with Gasteiger partial charge in [0.05, 0.1) is 6.04 Å². The van der Waals surface area contributed by atoms with Crippen LogP contribution in [0, 0.1) is 0 Å². The first-order valence-corrected chi connectivity index (χ1v) is 8.15. The lowest BCUT2D eigenvalue weighted by Crippen LogP contribution is -2.15. The maximum absolute atomic E-state index is 6.24. The fourth-order valence-electron chi connectivity index (χ4n) is 2.01. The zero-order valence-corrected chi connectivity index (χ0v) is 15.1. The van der Waals surface area contributed by atoms with E-state index in [1.807, 2.05) is 37.3 Å². The van der Waals surface area contributed by atoms with Crippen molar-refractivity contribution in [2.24, 2.45) is 5.73 Å². The average molecular weight is 404 g/mol. The molecule has 1 atom stereocenters. The molecule has 1 unspecified atom stereocenters. The maximum atomic E-state index is 6.24. The highest BCUT2D eigenvalue weighted by atomic mass is 79.9. The van der Waals surface area contributed by atoms with Gasteiger partial charge in [0.2, 0.25) is 0 Å². The zero-order valence-electron chi connectivity index (χ0n) is 11.2. The maximum Gasteiger partial charge on any atom is 0.106 e. The third-order valence-electron chi connectivity index (χ3n) is 3.05. The second kappa shape index (κ2) is 6.97. The highest BCUT2D eigenvalue weighted by Crippen LogP contribution is 2.30. The summed E-state index contributed by atoms with van der Waals surface area (Å²) < 4.78 is 0.924. The minimum atomic E-state index is -0.0101. The minimum Gasteiger partial charge on any atom is -0.389 e. The van der Waals surface area contributed by atoms with E-state index in [1.165, 1.54) is 0 Å². The lowest BCUT2D eigenvalue weighted by atomic mass is 10.1. The Labute approximate surface area is 147 Å². The Bertz CT molecular complexity index is 691. The summed E-state index contributed by atoms with van der Waals surface area (Å²) in [4.78, 5) is 0.341. The molecular formula is C15H13BrCl2N2S. The average Bonchev–Trinajstić information content (AvgIpc) is 2.40. The van der Waals surface area contributed by atoms with Crippen LogP contribution in [-0.2, 0) is 0 Å². The Balaban J connectivity index is 2.31. The monoisotopic (exact) mass is 402 g/mol. The van der Waals surface area contributed by atoms with Crippen LogP contribution in [0.25, 0.3) is 0 Å². The quantitative estimate of drug-likeness (QED) is 0.656. The van der Waals surface area contributed by atoms with Crippen LogP contribution in [0.4, 0.5) is 5.69 Å². The Morgan fingerprint density at radius 1 is 1.24 bits per heavy atom. The Morgan fingerprint density at radius 2 is 1.95 bits per heavy atom. The minimum absolute atomic E-state index is 0.0101. The van der Waals surface area contributed by atoms with Gasteiger partial charge in [-0.2, -0.15) is 0 Å². The number of hydrogen-bond donors (Lipinski definition) is 2. The van der Waals surface area contributed by atoms with Crippen molar-refractivity contribution >= 4 is 62.0 Å². The molecule has 0 bridgehead atoms. The molecule has 2 nitrogen and oxygen atoms in total. The largest absolute Gasteiger partial charge is 0.389 e. The molecule has 0 aliphatic heterocycles. The number of thiocarbonyl (C=S) groups is 1. The number of nitrogens with two attached hydrogens (primary N) is 1. The van der Waals surface area contributed by atoms with Crippen molar-refractivity contribution in [1.82, 2.24) is 0 Å². The van der Waals surface area contributed by atoms with Crippen LogP contribution in [0.3, 0.4) is 0 Å². The van der Waals surface area contributed by atoms with Gasteiger partial charge in [-0.25, -0.2) is 0 Å². The molecule has 3 N–H and O–H groups in total. The number of nitrogens with one attached hydrogen (secondary N) is 1. The van der Waals surface area contributed by atoms with Gasteiger partial charge in [-0.15, -0.1) is 0 Å². The summed E-state index contributed by atoms with van der Waals surface area (Å²) in [5.41, 5.74) is 8.38. The summed E-state index contributed by atoms with van der Waals surface area (Å²) in [5.74, 6) is 0. The molecule has 6 heteroatoms. The van der Waals surface area contributed by atoms with Crippen molar-refractivity contribution in [2.75, 3.05) is 5.32 Å². The molecule has 0 aliphatic carbocycles. The van der Waals surface area contributed by atoms with Gasteiger partial charge in [-0.1, -0.05) is 57.4 Å². The molecule has 0 heterocycles. The van der Waals surface area contributed by atoms with E-state index in [0.29, 0.717) is 15.0 Å². The first kappa shape index (κ1) is 16.6. The standard InChI is InChI=1S/C15H13BrCl2N2S/c1-8(11-4-3-10(17)7-13(11)18)20-14-5-2-9(16)6-12(14)15(19)21/h2-8,20H,1H3,(H2,19,21). The van der Waals surface area contributed by atoms with Gasteiger partial charge in [0.1, 0.15) is 4.99 Å². The van der Waals surface area contributed by atoms with Gasteiger partial charge >= 0.3 is 0 Å². The molecule has 0 radical (unpaired) electrons. The molecule has 0 aliphatic rings. The van der Waals surface area contributed by atoms with Crippen LogP contribution in [-0.4, -0.2) is 4.99 Å². The molecule has 0 aromatic heterocycles. The zero-order chi connectivity index (χ0) is 15.6. The van der Waals surface area contributed by atoms with Crippen LogP contribution in [0.1, 0.15) is 24.1 Å². The number of benzene rings is 2. The Hall–Kier alpha value is -0.810. The molecular weight excluding hydrogens is 391 g/mol. The van der Waals surface area contributed by atoms with Crippen LogP contribution in [0.15, 0.2) is 40.9 Å². The fourth-order valence-corrected chi connectivity index (χ4v) is 3.11. The molecule has 0 spiro atoms. The van der Waals surface area contributed by atoms with Gasteiger partial charge in [-0.3, -0.25) is 0 Å². The third kappa shape index (κ3) is 4.10. The SMILES string of the molecule is CC(Nc1ccc(Br)cc1C(N)=S)c1ccc(Cl)cc1Cl. The van der Waals surface area contributed by atoms with E-state index in [9.17, 15) is 0 Å². The normalized spacial score (nSPS) is 12.0. The Morgan fingerprint density at radius 3 is 2.57 bits per heavy atom. The summed E-state index contributed by atoms with van der Waals surface area (Å²) in [6.07, 6.45) is 0. The van der Waals surface area contributed by atoms with E-state index in [2.05, 4.69) is 21.2 Å². The second-order valence-corrected chi connectivity index (χ2v) is 6.79. The van der Waals surface area contributed by atoms with Crippen molar-refractivity contribution in [3.8, 4) is 0 Å². The van der Waals surface area contributed by atoms with E-state index >= 15 is 0 Å². The number of hydrogen-bond acceptors (Lipinski definition) is 2. The molecule has 0 saturated heterocycles. The molecule has 2 rings (SSSR count). The van der Waals surface area contributed by atoms with Crippen LogP contribution >= 0.6 is 51.3 Å². The smallest absolute Gasteiger partial charge is 0.106 e.